The number of thiocarbonyl (C=S) groups is 1. The minimum absolute atomic E-state index is 0.191. The van der Waals surface area contributed by atoms with Gasteiger partial charge >= 0.3 is 0 Å². The van der Waals surface area contributed by atoms with Gasteiger partial charge in [-0.1, -0.05) is 62.9 Å². The molecule has 4 nitrogen and oxygen atoms in total. The molecule has 3 N–H and O–H groups in total. The summed E-state index contributed by atoms with van der Waals surface area (Å²) in [4.78, 5) is 12.5. The highest BCUT2D eigenvalue weighted by molar-refractivity contribution is 9.10. The predicted octanol–water partition coefficient (Wildman–Crippen LogP) is 5.62. The van der Waals surface area contributed by atoms with Crippen molar-refractivity contribution >= 4 is 95.6 Å². The van der Waals surface area contributed by atoms with Gasteiger partial charge < -0.3 is 16.0 Å². The van der Waals surface area contributed by atoms with E-state index in [9.17, 15) is 4.79 Å². The summed E-state index contributed by atoms with van der Waals surface area (Å²) in [6.07, 6.45) is -1.05. The van der Waals surface area contributed by atoms with Crippen molar-refractivity contribution in [3.63, 3.8) is 0 Å². The molecule has 0 aromatic heterocycles. The molecule has 0 heterocycles. The van der Waals surface area contributed by atoms with Crippen LogP contribution in [0.1, 0.15) is 10.4 Å². The molecule has 0 aliphatic heterocycles. The maximum Gasteiger partial charge on any atom is 0.254 e. The second-order valence-electron chi connectivity index (χ2n) is 5.03. The number of nitrogens with one attached hydrogen (secondary N) is 3. The first kappa shape index (κ1) is 21.7. The fourth-order valence-corrected chi connectivity index (χ4v) is 3.18. The highest BCUT2D eigenvalue weighted by Gasteiger charge is 2.35. The molecule has 10 heteroatoms. The third-order valence-electron chi connectivity index (χ3n) is 3.10. The molecular weight excluding hydrogens is 548 g/mol. The maximum absolute atomic E-state index is 12.5. The van der Waals surface area contributed by atoms with Gasteiger partial charge in [-0.3, -0.25) is 4.79 Å². The fraction of sp³-hybridized carbons (Fsp3) is 0.125. The summed E-state index contributed by atoms with van der Waals surface area (Å²) in [5, 5.41) is 8.58. The van der Waals surface area contributed by atoms with Gasteiger partial charge in [-0.05, 0) is 64.5 Å². The average Bonchev–Trinajstić information content (AvgIpc) is 2.56. The van der Waals surface area contributed by atoms with Gasteiger partial charge in [0.05, 0.1) is 5.56 Å². The molecular formula is C16H12Br2Cl3N3OS. The molecule has 2 aromatic carbocycles. The topological polar surface area (TPSA) is 53.2 Å². The number of anilines is 1. The van der Waals surface area contributed by atoms with Crippen LogP contribution >= 0.6 is 78.9 Å². The summed E-state index contributed by atoms with van der Waals surface area (Å²) in [7, 11) is 0. The Morgan fingerprint density at radius 3 is 2.19 bits per heavy atom. The van der Waals surface area contributed by atoms with Crippen LogP contribution in [0.5, 0.6) is 0 Å². The molecule has 0 fully saturated rings. The van der Waals surface area contributed by atoms with Gasteiger partial charge in [-0.2, -0.15) is 0 Å². The minimum Gasteiger partial charge on any atom is -0.339 e. The monoisotopic (exact) mass is 557 g/mol. The third kappa shape index (κ3) is 6.55. The van der Waals surface area contributed by atoms with E-state index in [1.807, 2.05) is 24.3 Å². The van der Waals surface area contributed by atoms with Crippen LogP contribution in [0.2, 0.25) is 0 Å². The summed E-state index contributed by atoms with van der Waals surface area (Å²) in [6.45, 7) is 0. The van der Waals surface area contributed by atoms with Crippen molar-refractivity contribution in [1.82, 2.24) is 10.6 Å². The van der Waals surface area contributed by atoms with Crippen molar-refractivity contribution < 1.29 is 4.79 Å². The van der Waals surface area contributed by atoms with Crippen LogP contribution in [0.25, 0.3) is 0 Å². The first-order valence-electron chi connectivity index (χ1n) is 7.12. The molecule has 0 bridgehead atoms. The van der Waals surface area contributed by atoms with Crippen LogP contribution in [-0.2, 0) is 0 Å². The van der Waals surface area contributed by atoms with Crippen LogP contribution in [-0.4, -0.2) is 21.0 Å². The highest BCUT2D eigenvalue weighted by Crippen LogP contribution is 2.29. The zero-order valence-corrected chi connectivity index (χ0v) is 19.2. The van der Waals surface area contributed by atoms with Gasteiger partial charge in [0.2, 0.25) is 3.79 Å². The van der Waals surface area contributed by atoms with Gasteiger partial charge in [0.1, 0.15) is 6.17 Å². The molecule has 0 saturated carbocycles. The van der Waals surface area contributed by atoms with Crippen molar-refractivity contribution in [2.24, 2.45) is 0 Å². The Morgan fingerprint density at radius 1 is 1.00 bits per heavy atom. The van der Waals surface area contributed by atoms with Crippen LogP contribution in [0.15, 0.2) is 57.5 Å². The molecule has 1 atom stereocenters. The van der Waals surface area contributed by atoms with Gasteiger partial charge in [0, 0.05) is 14.6 Å². The van der Waals surface area contributed by atoms with Crippen LogP contribution in [0.3, 0.4) is 0 Å². The smallest absolute Gasteiger partial charge is 0.254 e. The number of hydrogen-bond acceptors (Lipinski definition) is 2. The molecule has 0 aliphatic carbocycles. The summed E-state index contributed by atoms with van der Waals surface area (Å²) >= 11 is 29.9. The number of benzene rings is 2. The van der Waals surface area contributed by atoms with Gasteiger partial charge in [0.25, 0.3) is 5.91 Å². The van der Waals surface area contributed by atoms with Crippen molar-refractivity contribution in [2.45, 2.75) is 9.96 Å². The number of rotatable bonds is 4. The third-order valence-corrected chi connectivity index (χ3v) is 5.19. The minimum atomic E-state index is -1.83. The Hall–Kier alpha value is -0.570. The van der Waals surface area contributed by atoms with E-state index in [1.54, 1.807) is 24.3 Å². The molecule has 1 amide bonds. The predicted molar refractivity (Wildman–Crippen MR) is 119 cm³/mol. The number of amides is 1. The van der Waals surface area contributed by atoms with Gasteiger partial charge in [-0.15, -0.1) is 0 Å². The molecule has 138 valence electrons. The molecule has 0 spiro atoms. The van der Waals surface area contributed by atoms with Crippen molar-refractivity contribution in [3.05, 3.63) is 63.0 Å². The van der Waals surface area contributed by atoms with E-state index in [2.05, 4.69) is 47.8 Å². The van der Waals surface area contributed by atoms with Crippen LogP contribution < -0.4 is 16.0 Å². The summed E-state index contributed by atoms with van der Waals surface area (Å²) < 4.78 is -0.277. The zero-order valence-electron chi connectivity index (χ0n) is 12.9. The van der Waals surface area contributed by atoms with Gasteiger partial charge in [0.15, 0.2) is 5.11 Å². The van der Waals surface area contributed by atoms with E-state index >= 15 is 0 Å². The van der Waals surface area contributed by atoms with Crippen molar-refractivity contribution in [1.29, 1.82) is 0 Å². The van der Waals surface area contributed by atoms with E-state index in [0.29, 0.717) is 10.0 Å². The molecule has 0 saturated heterocycles. The van der Waals surface area contributed by atoms with Crippen LogP contribution in [0.4, 0.5) is 5.69 Å². The first-order valence-corrected chi connectivity index (χ1v) is 10.2. The van der Waals surface area contributed by atoms with E-state index in [0.717, 1.165) is 10.2 Å². The summed E-state index contributed by atoms with van der Waals surface area (Å²) in [6, 6.07) is 14.3. The van der Waals surface area contributed by atoms with Crippen molar-refractivity contribution in [3.8, 4) is 0 Å². The normalized spacial score (nSPS) is 12.2. The standard InChI is InChI=1S/C16H12Br2Cl3N3OS/c17-9-5-7-10(8-6-9)22-15(26)24-14(16(19,20)21)23-13(25)11-3-1-2-4-12(11)18/h1-8,14H,(H,23,25)(H2,22,24,26). The van der Waals surface area contributed by atoms with Crippen molar-refractivity contribution in [2.75, 3.05) is 5.32 Å². The van der Waals surface area contributed by atoms with Crippen LogP contribution in [0, 0.1) is 0 Å². The number of carbonyl (C=O) groups excluding carboxylic acids is 1. The second-order valence-corrected chi connectivity index (χ2v) is 9.58. The lowest BCUT2D eigenvalue weighted by atomic mass is 10.2. The molecule has 2 rings (SSSR count). The first-order chi connectivity index (χ1) is 12.2. The average molecular weight is 561 g/mol. The number of halogens is 5. The molecule has 0 aliphatic rings. The second kappa shape index (κ2) is 9.57. The molecule has 2 aromatic rings. The molecule has 0 radical (unpaired) electrons. The number of hydrogen-bond donors (Lipinski definition) is 3. The lowest BCUT2D eigenvalue weighted by Crippen LogP contribution is -2.56. The maximum atomic E-state index is 12.5. The number of carbonyl (C=O) groups is 1. The molecule has 1 unspecified atom stereocenters. The Bertz CT molecular complexity index is 800. The van der Waals surface area contributed by atoms with E-state index in [1.165, 1.54) is 0 Å². The van der Waals surface area contributed by atoms with Gasteiger partial charge in [-0.25, -0.2) is 0 Å². The van der Waals surface area contributed by atoms with E-state index in [-0.39, 0.29) is 5.11 Å². The lowest BCUT2D eigenvalue weighted by Gasteiger charge is -2.28. The summed E-state index contributed by atoms with van der Waals surface area (Å²) in [5.74, 6) is -0.423. The Labute approximate surface area is 188 Å². The Kier molecular flexibility index (Phi) is 8.00. The lowest BCUT2D eigenvalue weighted by molar-refractivity contribution is 0.0934. The fourth-order valence-electron chi connectivity index (χ4n) is 1.89. The molecule has 26 heavy (non-hydrogen) atoms. The van der Waals surface area contributed by atoms with E-state index < -0.39 is 15.9 Å². The highest BCUT2D eigenvalue weighted by atomic mass is 79.9. The quantitative estimate of drug-likeness (QED) is 0.258. The number of alkyl halides is 3. The SMILES string of the molecule is O=C(NC(NC(=S)Nc1ccc(Br)cc1)C(Cl)(Cl)Cl)c1ccccc1Br. The Balaban J connectivity index is 2.07. The zero-order chi connectivity index (χ0) is 19.3. The Morgan fingerprint density at radius 2 is 1.62 bits per heavy atom. The largest absolute Gasteiger partial charge is 0.339 e. The summed E-state index contributed by atoms with van der Waals surface area (Å²) in [5.41, 5.74) is 1.14. The van der Waals surface area contributed by atoms with E-state index in [4.69, 9.17) is 47.0 Å².